The van der Waals surface area contributed by atoms with Gasteiger partial charge in [-0.05, 0) is 43.0 Å². The molecular weight excluding hydrogens is 328 g/mol. The van der Waals surface area contributed by atoms with Gasteiger partial charge < -0.3 is 11.1 Å². The Labute approximate surface area is 128 Å². The van der Waals surface area contributed by atoms with Crippen LogP contribution in [0.3, 0.4) is 0 Å². The van der Waals surface area contributed by atoms with E-state index in [0.717, 1.165) is 35.7 Å². The average Bonchev–Trinajstić information content (AvgIpc) is 2.76. The molecule has 0 atom stereocenters. The molecule has 1 aromatic carbocycles. The van der Waals surface area contributed by atoms with E-state index in [1.807, 2.05) is 19.1 Å². The lowest BCUT2D eigenvalue weighted by Gasteiger charge is -2.22. The second kappa shape index (κ2) is 6.73. The van der Waals surface area contributed by atoms with Crippen LogP contribution in [-0.4, -0.2) is 11.4 Å². The molecule has 5 heteroatoms. The fourth-order valence-corrected chi connectivity index (χ4v) is 2.92. The number of benzene rings is 1. The Balaban J connectivity index is 0.00000180. The number of carbonyl (C=O) groups excluding carboxylic acids is 1. The van der Waals surface area contributed by atoms with Crippen molar-refractivity contribution in [2.24, 2.45) is 5.73 Å². The number of hydrogen-bond acceptors (Lipinski definition) is 2. The molecule has 0 spiro atoms. The molecule has 1 amide bonds. The van der Waals surface area contributed by atoms with E-state index in [1.54, 1.807) is 0 Å². The molecule has 0 aliphatic heterocycles. The Hall–Kier alpha value is -0.580. The summed E-state index contributed by atoms with van der Waals surface area (Å²) >= 11 is 3.43. The largest absolute Gasteiger partial charge is 0.350 e. The summed E-state index contributed by atoms with van der Waals surface area (Å²) in [6, 6.07) is 6.06. The van der Waals surface area contributed by atoms with Gasteiger partial charge in [0.05, 0.1) is 5.54 Å². The molecule has 19 heavy (non-hydrogen) atoms. The average molecular weight is 348 g/mol. The Morgan fingerprint density at radius 2 is 2.05 bits per heavy atom. The van der Waals surface area contributed by atoms with Gasteiger partial charge in [-0.1, -0.05) is 34.8 Å². The number of rotatable bonds is 3. The minimum Gasteiger partial charge on any atom is -0.350 e. The maximum absolute atomic E-state index is 12.1. The first-order valence-electron chi connectivity index (χ1n) is 6.33. The lowest BCUT2D eigenvalue weighted by atomic mass is 9.98. The smallest absolute Gasteiger partial charge is 0.240 e. The second-order valence-electron chi connectivity index (χ2n) is 5.12. The quantitative estimate of drug-likeness (QED) is 0.883. The van der Waals surface area contributed by atoms with Crippen molar-refractivity contribution in [1.29, 1.82) is 0 Å². The van der Waals surface area contributed by atoms with E-state index in [4.69, 9.17) is 5.73 Å². The number of amides is 1. The van der Waals surface area contributed by atoms with E-state index >= 15 is 0 Å². The zero-order chi connectivity index (χ0) is 13.2. The van der Waals surface area contributed by atoms with Gasteiger partial charge in [-0.2, -0.15) is 0 Å². The van der Waals surface area contributed by atoms with Crippen molar-refractivity contribution in [2.75, 3.05) is 0 Å². The van der Waals surface area contributed by atoms with Crippen molar-refractivity contribution < 1.29 is 4.79 Å². The van der Waals surface area contributed by atoms with E-state index < -0.39 is 5.54 Å². The van der Waals surface area contributed by atoms with Gasteiger partial charge in [-0.15, -0.1) is 12.4 Å². The summed E-state index contributed by atoms with van der Waals surface area (Å²) in [4.78, 5) is 12.1. The molecule has 0 radical (unpaired) electrons. The lowest BCUT2D eigenvalue weighted by Crippen LogP contribution is -2.51. The summed E-state index contributed by atoms with van der Waals surface area (Å²) in [6.45, 7) is 2.59. The summed E-state index contributed by atoms with van der Waals surface area (Å²) in [5, 5.41) is 2.96. The Kier molecular flexibility index (Phi) is 5.83. The predicted molar refractivity (Wildman–Crippen MR) is 83.4 cm³/mol. The van der Waals surface area contributed by atoms with Crippen LogP contribution in [0.2, 0.25) is 0 Å². The molecule has 1 saturated carbocycles. The maximum atomic E-state index is 12.1. The van der Waals surface area contributed by atoms with Crippen LogP contribution in [0, 0.1) is 6.92 Å². The molecule has 3 N–H and O–H groups in total. The lowest BCUT2D eigenvalue weighted by molar-refractivity contribution is -0.126. The third-order valence-corrected chi connectivity index (χ3v) is 4.19. The minimum absolute atomic E-state index is 0. The van der Waals surface area contributed by atoms with Crippen LogP contribution in [0.4, 0.5) is 0 Å². The van der Waals surface area contributed by atoms with Crippen molar-refractivity contribution in [1.82, 2.24) is 5.32 Å². The molecule has 0 unspecified atom stereocenters. The predicted octanol–water partition coefficient (Wildman–Crippen LogP) is 3.07. The summed E-state index contributed by atoms with van der Waals surface area (Å²) in [7, 11) is 0. The van der Waals surface area contributed by atoms with Gasteiger partial charge in [-0.25, -0.2) is 0 Å². The van der Waals surface area contributed by atoms with Crippen LogP contribution < -0.4 is 11.1 Å². The van der Waals surface area contributed by atoms with E-state index in [0.29, 0.717) is 6.54 Å². The van der Waals surface area contributed by atoms with Gasteiger partial charge >= 0.3 is 0 Å². The van der Waals surface area contributed by atoms with E-state index in [1.165, 1.54) is 5.56 Å². The Morgan fingerprint density at radius 3 is 2.63 bits per heavy atom. The number of halogens is 2. The first-order valence-corrected chi connectivity index (χ1v) is 7.13. The number of aryl methyl sites for hydroxylation is 1. The van der Waals surface area contributed by atoms with E-state index in [-0.39, 0.29) is 18.3 Å². The molecule has 106 valence electrons. The second-order valence-corrected chi connectivity index (χ2v) is 6.03. The van der Waals surface area contributed by atoms with Gasteiger partial charge in [0.2, 0.25) is 5.91 Å². The highest BCUT2D eigenvalue weighted by atomic mass is 79.9. The number of nitrogens with two attached hydrogens (primary N) is 1. The topological polar surface area (TPSA) is 55.1 Å². The Bertz CT molecular complexity index is 459. The van der Waals surface area contributed by atoms with Crippen molar-refractivity contribution in [3.05, 3.63) is 33.8 Å². The highest BCUT2D eigenvalue weighted by Gasteiger charge is 2.36. The molecule has 0 bridgehead atoms. The van der Waals surface area contributed by atoms with Crippen LogP contribution in [-0.2, 0) is 11.3 Å². The zero-order valence-electron chi connectivity index (χ0n) is 11.0. The zero-order valence-corrected chi connectivity index (χ0v) is 13.4. The molecule has 0 aromatic heterocycles. The molecular formula is C14H20BrClN2O. The van der Waals surface area contributed by atoms with Gasteiger partial charge in [0.25, 0.3) is 0 Å². The molecule has 2 rings (SSSR count). The summed E-state index contributed by atoms with van der Waals surface area (Å²) in [5.41, 5.74) is 7.77. The SMILES string of the molecule is Cc1cc(Br)ccc1CNC(=O)C1(N)CCCC1.Cl. The number of carbonyl (C=O) groups is 1. The van der Waals surface area contributed by atoms with E-state index in [2.05, 4.69) is 27.3 Å². The van der Waals surface area contributed by atoms with Crippen LogP contribution >= 0.6 is 28.3 Å². The fourth-order valence-electron chi connectivity index (χ4n) is 2.44. The summed E-state index contributed by atoms with van der Waals surface area (Å²) in [5.74, 6) is -0.0117. The molecule has 1 aromatic rings. The first-order chi connectivity index (χ1) is 8.51. The molecule has 1 fully saturated rings. The van der Waals surface area contributed by atoms with Gasteiger partial charge in [0.1, 0.15) is 0 Å². The van der Waals surface area contributed by atoms with Crippen molar-refractivity contribution in [3.8, 4) is 0 Å². The van der Waals surface area contributed by atoms with Crippen LogP contribution in [0.15, 0.2) is 22.7 Å². The third kappa shape index (κ3) is 3.94. The monoisotopic (exact) mass is 346 g/mol. The van der Waals surface area contributed by atoms with Crippen molar-refractivity contribution >= 4 is 34.2 Å². The highest BCUT2D eigenvalue weighted by molar-refractivity contribution is 9.10. The number of hydrogen-bond donors (Lipinski definition) is 2. The minimum atomic E-state index is -0.636. The molecule has 0 heterocycles. The summed E-state index contributed by atoms with van der Waals surface area (Å²) in [6.07, 6.45) is 3.72. The van der Waals surface area contributed by atoms with Gasteiger partial charge in [0.15, 0.2) is 0 Å². The molecule has 3 nitrogen and oxygen atoms in total. The van der Waals surface area contributed by atoms with Gasteiger partial charge in [0, 0.05) is 11.0 Å². The van der Waals surface area contributed by atoms with Crippen LogP contribution in [0.25, 0.3) is 0 Å². The standard InChI is InChI=1S/C14H19BrN2O.ClH/c1-10-8-12(15)5-4-11(10)9-17-13(18)14(16)6-2-3-7-14;/h4-5,8H,2-3,6-7,9,16H2,1H3,(H,17,18);1H. The Morgan fingerprint density at radius 1 is 1.42 bits per heavy atom. The maximum Gasteiger partial charge on any atom is 0.240 e. The molecule has 1 aliphatic carbocycles. The fraction of sp³-hybridized carbons (Fsp3) is 0.500. The third-order valence-electron chi connectivity index (χ3n) is 3.69. The van der Waals surface area contributed by atoms with Crippen molar-refractivity contribution in [3.63, 3.8) is 0 Å². The van der Waals surface area contributed by atoms with Crippen molar-refractivity contribution in [2.45, 2.75) is 44.7 Å². The highest BCUT2D eigenvalue weighted by Crippen LogP contribution is 2.27. The van der Waals surface area contributed by atoms with E-state index in [9.17, 15) is 4.79 Å². The first kappa shape index (κ1) is 16.5. The molecule has 0 saturated heterocycles. The summed E-state index contributed by atoms with van der Waals surface area (Å²) < 4.78 is 1.06. The number of nitrogens with one attached hydrogen (secondary N) is 1. The van der Waals surface area contributed by atoms with Crippen LogP contribution in [0.5, 0.6) is 0 Å². The normalized spacial score (nSPS) is 16.8. The molecule has 1 aliphatic rings. The van der Waals surface area contributed by atoms with Crippen LogP contribution in [0.1, 0.15) is 36.8 Å². The van der Waals surface area contributed by atoms with Gasteiger partial charge in [-0.3, -0.25) is 4.79 Å².